The van der Waals surface area contributed by atoms with Crippen LogP contribution in [0.2, 0.25) is 0 Å². The van der Waals surface area contributed by atoms with Crippen LogP contribution in [0.4, 0.5) is 26.3 Å². The average molecular weight is 544 g/mol. The maximum Gasteiger partial charge on any atom is 0.573 e. The molecule has 2 aromatic carbocycles. The molecule has 204 valence electrons. The minimum absolute atomic E-state index is 0.0579. The number of carbonyl (C=O) groups excluding carboxylic acids is 2. The van der Waals surface area contributed by atoms with Crippen molar-refractivity contribution in [2.24, 2.45) is 11.8 Å². The van der Waals surface area contributed by atoms with Gasteiger partial charge < -0.3 is 18.9 Å². The van der Waals surface area contributed by atoms with E-state index in [1.165, 1.54) is 24.3 Å². The van der Waals surface area contributed by atoms with Gasteiger partial charge in [-0.05, 0) is 92.5 Å². The molecule has 2 aromatic rings. The Kier molecular flexibility index (Phi) is 6.26. The van der Waals surface area contributed by atoms with E-state index in [0.29, 0.717) is 25.7 Å². The van der Waals surface area contributed by atoms with Gasteiger partial charge in [-0.3, -0.25) is 0 Å². The van der Waals surface area contributed by atoms with Crippen LogP contribution >= 0.6 is 0 Å². The van der Waals surface area contributed by atoms with Crippen LogP contribution in [0.15, 0.2) is 48.5 Å². The van der Waals surface area contributed by atoms with Gasteiger partial charge in [0, 0.05) is 6.42 Å². The number of ether oxygens (including phenoxy) is 4. The van der Waals surface area contributed by atoms with E-state index in [0.717, 1.165) is 30.7 Å². The highest BCUT2D eigenvalue weighted by atomic mass is 19.4. The highest BCUT2D eigenvalue weighted by molar-refractivity contribution is 5.90. The van der Waals surface area contributed by atoms with Gasteiger partial charge in [0.2, 0.25) is 0 Å². The predicted molar refractivity (Wildman–Crippen MR) is 117 cm³/mol. The van der Waals surface area contributed by atoms with Crippen LogP contribution < -0.4 is 9.47 Å². The minimum Gasteiger partial charge on any atom is -0.455 e. The third-order valence-electron chi connectivity index (χ3n) is 7.22. The summed E-state index contributed by atoms with van der Waals surface area (Å²) in [5.41, 5.74) is -1.68. The van der Waals surface area contributed by atoms with Crippen molar-refractivity contribution in [3.8, 4) is 11.5 Å². The van der Waals surface area contributed by atoms with Crippen molar-refractivity contribution in [1.82, 2.24) is 0 Å². The molecule has 0 aromatic heterocycles. The number of rotatable bonds is 6. The van der Waals surface area contributed by atoms with Gasteiger partial charge in [-0.15, -0.1) is 26.3 Å². The lowest BCUT2D eigenvalue weighted by atomic mass is 9.52. The fourth-order valence-corrected chi connectivity index (χ4v) is 6.43. The number of alkyl halides is 6. The Morgan fingerprint density at radius 3 is 1.29 bits per heavy atom. The molecule has 4 aliphatic rings. The molecule has 0 amide bonds. The molecule has 12 heteroatoms. The van der Waals surface area contributed by atoms with Crippen LogP contribution in [0.5, 0.6) is 11.5 Å². The first-order valence-electron chi connectivity index (χ1n) is 11.9. The molecule has 0 saturated heterocycles. The quantitative estimate of drug-likeness (QED) is 0.302. The van der Waals surface area contributed by atoms with Crippen molar-refractivity contribution >= 4 is 11.9 Å². The average Bonchev–Trinajstić information content (AvgIpc) is 2.76. The standard InChI is InChI=1S/C26H22F6O6/c27-25(28,29)35-19-5-1-17(2-6-19)21(33)37-23-10-15-9-16(11-23)13-24(12-15,14-23)38-22(34)18-3-7-20(8-4-18)36-26(30,31)32/h1-8,15-16H,9-14H2. The van der Waals surface area contributed by atoms with Gasteiger partial charge in [0.05, 0.1) is 11.1 Å². The first-order chi connectivity index (χ1) is 17.7. The molecule has 0 N–H and O–H groups in total. The third kappa shape index (κ3) is 5.83. The van der Waals surface area contributed by atoms with Crippen molar-refractivity contribution in [1.29, 1.82) is 0 Å². The molecule has 0 radical (unpaired) electrons. The first-order valence-corrected chi connectivity index (χ1v) is 11.9. The van der Waals surface area contributed by atoms with E-state index in [9.17, 15) is 35.9 Å². The maximum atomic E-state index is 12.9. The summed E-state index contributed by atoms with van der Waals surface area (Å²) in [6, 6.07) is 8.85. The summed E-state index contributed by atoms with van der Waals surface area (Å²) in [7, 11) is 0. The van der Waals surface area contributed by atoms with Crippen molar-refractivity contribution < 1.29 is 54.9 Å². The molecular formula is C26H22F6O6. The highest BCUT2D eigenvalue weighted by Gasteiger charge is 2.61. The Morgan fingerprint density at radius 1 is 0.632 bits per heavy atom. The van der Waals surface area contributed by atoms with Crippen LogP contribution in [0.1, 0.15) is 59.2 Å². The summed E-state index contributed by atoms with van der Waals surface area (Å²) in [4.78, 5) is 25.8. The number of hydrogen-bond donors (Lipinski definition) is 0. The molecule has 0 spiro atoms. The summed E-state index contributed by atoms with van der Waals surface area (Å²) < 4.78 is 94.0. The van der Waals surface area contributed by atoms with E-state index >= 15 is 0 Å². The van der Waals surface area contributed by atoms with Crippen LogP contribution in [0.3, 0.4) is 0 Å². The summed E-state index contributed by atoms with van der Waals surface area (Å²) in [5, 5.41) is 0. The number of hydrogen-bond acceptors (Lipinski definition) is 6. The molecule has 4 fully saturated rings. The molecule has 6 rings (SSSR count). The van der Waals surface area contributed by atoms with Crippen molar-refractivity contribution in [2.75, 3.05) is 0 Å². The molecule has 0 aliphatic heterocycles. The second-order valence-corrected chi connectivity index (χ2v) is 10.3. The molecule has 6 nitrogen and oxygen atoms in total. The summed E-state index contributed by atoms with van der Waals surface area (Å²) in [6.07, 6.45) is -6.25. The van der Waals surface area contributed by atoms with E-state index in [1.807, 2.05) is 0 Å². The highest BCUT2D eigenvalue weighted by Crippen LogP contribution is 2.60. The second kappa shape index (κ2) is 9.09. The zero-order chi connectivity index (χ0) is 27.3. The fourth-order valence-electron chi connectivity index (χ4n) is 6.43. The predicted octanol–water partition coefficient (Wildman–Crippen LogP) is 6.59. The third-order valence-corrected chi connectivity index (χ3v) is 7.22. The molecular weight excluding hydrogens is 522 g/mol. The van der Waals surface area contributed by atoms with E-state index in [4.69, 9.17) is 9.47 Å². The SMILES string of the molecule is O=C(OC12CC3CC(C1)CC(OC(=O)c1ccc(OC(F)(F)F)cc1)(C3)C2)c1ccc(OC(F)(F)F)cc1. The maximum absolute atomic E-state index is 12.9. The van der Waals surface area contributed by atoms with Gasteiger partial charge in [0.1, 0.15) is 22.7 Å². The normalized spacial score (nSPS) is 28.1. The second-order valence-electron chi connectivity index (χ2n) is 10.3. The molecule has 4 saturated carbocycles. The summed E-state index contributed by atoms with van der Waals surface area (Å²) >= 11 is 0. The Bertz CT molecular complexity index is 1100. The lowest BCUT2D eigenvalue weighted by Crippen LogP contribution is -2.61. The van der Waals surface area contributed by atoms with Gasteiger partial charge in [-0.25, -0.2) is 9.59 Å². The lowest BCUT2D eigenvalue weighted by Gasteiger charge is -2.60. The van der Waals surface area contributed by atoms with E-state index in [1.54, 1.807) is 0 Å². The number of halogens is 6. The minimum atomic E-state index is -4.86. The molecule has 38 heavy (non-hydrogen) atoms. The molecule has 0 heterocycles. The Morgan fingerprint density at radius 2 is 0.974 bits per heavy atom. The number of carbonyl (C=O) groups is 2. The largest absolute Gasteiger partial charge is 0.573 e. The summed E-state index contributed by atoms with van der Waals surface area (Å²) in [6.45, 7) is 0. The number of benzene rings is 2. The fraction of sp³-hybridized carbons (Fsp3) is 0.462. The van der Waals surface area contributed by atoms with E-state index < -0.39 is 47.4 Å². The van der Waals surface area contributed by atoms with Gasteiger partial charge in [0.15, 0.2) is 0 Å². The lowest BCUT2D eigenvalue weighted by molar-refractivity contribution is -0.275. The van der Waals surface area contributed by atoms with Crippen molar-refractivity contribution in [2.45, 2.75) is 62.5 Å². The monoisotopic (exact) mass is 544 g/mol. The van der Waals surface area contributed by atoms with E-state index in [-0.39, 0.29) is 29.4 Å². The van der Waals surface area contributed by atoms with Crippen LogP contribution in [0, 0.1) is 11.8 Å². The van der Waals surface area contributed by atoms with Gasteiger partial charge in [-0.1, -0.05) is 0 Å². The van der Waals surface area contributed by atoms with Gasteiger partial charge in [0.25, 0.3) is 0 Å². The summed E-state index contributed by atoms with van der Waals surface area (Å²) in [5.74, 6) is -2.05. The van der Waals surface area contributed by atoms with Crippen LogP contribution in [-0.2, 0) is 9.47 Å². The molecule has 0 atom stereocenters. The van der Waals surface area contributed by atoms with Crippen LogP contribution in [-0.4, -0.2) is 35.9 Å². The number of esters is 2. The zero-order valence-corrected chi connectivity index (χ0v) is 19.7. The van der Waals surface area contributed by atoms with E-state index in [2.05, 4.69) is 9.47 Å². The zero-order valence-electron chi connectivity index (χ0n) is 19.7. The topological polar surface area (TPSA) is 71.1 Å². The van der Waals surface area contributed by atoms with Gasteiger partial charge in [-0.2, -0.15) is 0 Å². The Balaban J connectivity index is 1.28. The Labute approximate surface area is 212 Å². The van der Waals surface area contributed by atoms with Crippen molar-refractivity contribution in [3.05, 3.63) is 59.7 Å². The first kappa shape index (κ1) is 26.2. The Hall–Kier alpha value is -3.44. The molecule has 4 bridgehead atoms. The molecule has 4 aliphatic carbocycles. The van der Waals surface area contributed by atoms with Gasteiger partial charge >= 0.3 is 24.7 Å². The van der Waals surface area contributed by atoms with Crippen molar-refractivity contribution in [3.63, 3.8) is 0 Å². The smallest absolute Gasteiger partial charge is 0.455 e. The molecule has 0 unspecified atom stereocenters. The van der Waals surface area contributed by atoms with Crippen LogP contribution in [0.25, 0.3) is 0 Å².